The van der Waals surface area contributed by atoms with E-state index in [0.717, 1.165) is 23.1 Å². The van der Waals surface area contributed by atoms with Crippen molar-refractivity contribution >= 4 is 27.5 Å². The van der Waals surface area contributed by atoms with Crippen LogP contribution in [0.1, 0.15) is 11.6 Å². The standard InChI is InChI=1S/C14H20BrClN2O2/c1-19-13-7-18(8-14(13)20-2)12(6-17)10-5-9(16)3-4-11(10)15/h3-5,12-14H,6-8,17H2,1-2H3. The van der Waals surface area contributed by atoms with Gasteiger partial charge in [0.2, 0.25) is 0 Å². The van der Waals surface area contributed by atoms with Gasteiger partial charge in [0, 0.05) is 49.4 Å². The minimum Gasteiger partial charge on any atom is -0.377 e. The van der Waals surface area contributed by atoms with Crippen LogP contribution in [0, 0.1) is 0 Å². The van der Waals surface area contributed by atoms with Crippen LogP contribution in [-0.4, -0.2) is 51.0 Å². The number of methoxy groups -OCH3 is 2. The molecule has 0 aromatic heterocycles. The summed E-state index contributed by atoms with van der Waals surface area (Å²) in [5.41, 5.74) is 7.09. The number of ether oxygens (including phenoxy) is 2. The third-order valence-corrected chi connectivity index (χ3v) is 4.79. The Bertz CT molecular complexity index is 449. The predicted molar refractivity (Wildman–Crippen MR) is 84.1 cm³/mol. The summed E-state index contributed by atoms with van der Waals surface area (Å²) in [5.74, 6) is 0. The van der Waals surface area contributed by atoms with Crippen molar-refractivity contribution in [2.24, 2.45) is 5.73 Å². The van der Waals surface area contributed by atoms with Crippen LogP contribution < -0.4 is 5.73 Å². The molecule has 1 aliphatic rings. The number of rotatable bonds is 5. The van der Waals surface area contributed by atoms with Crippen LogP contribution in [0.4, 0.5) is 0 Å². The van der Waals surface area contributed by atoms with Crippen molar-refractivity contribution in [3.05, 3.63) is 33.3 Å². The van der Waals surface area contributed by atoms with Gasteiger partial charge in [-0.1, -0.05) is 27.5 Å². The van der Waals surface area contributed by atoms with Gasteiger partial charge in [-0.05, 0) is 23.8 Å². The van der Waals surface area contributed by atoms with Crippen molar-refractivity contribution in [2.75, 3.05) is 33.9 Å². The molecule has 2 N–H and O–H groups in total. The Morgan fingerprint density at radius 2 is 1.95 bits per heavy atom. The minimum absolute atomic E-state index is 0.0759. The van der Waals surface area contributed by atoms with Crippen LogP contribution in [-0.2, 0) is 9.47 Å². The molecule has 0 bridgehead atoms. The predicted octanol–water partition coefficient (Wildman–Crippen LogP) is 2.45. The second-order valence-corrected chi connectivity index (χ2v) is 6.21. The highest BCUT2D eigenvalue weighted by molar-refractivity contribution is 9.10. The van der Waals surface area contributed by atoms with Gasteiger partial charge in [-0.3, -0.25) is 4.90 Å². The molecule has 1 aromatic rings. The van der Waals surface area contributed by atoms with E-state index in [1.54, 1.807) is 14.2 Å². The number of likely N-dealkylation sites (tertiary alicyclic amines) is 1. The maximum absolute atomic E-state index is 6.11. The molecule has 3 atom stereocenters. The van der Waals surface area contributed by atoms with Crippen LogP contribution in [0.15, 0.2) is 22.7 Å². The molecule has 1 fully saturated rings. The molecule has 0 spiro atoms. The average Bonchev–Trinajstić information content (AvgIpc) is 2.86. The zero-order valence-corrected chi connectivity index (χ0v) is 14.0. The molecule has 0 aliphatic carbocycles. The largest absolute Gasteiger partial charge is 0.377 e. The first-order chi connectivity index (χ1) is 9.60. The zero-order valence-electron chi connectivity index (χ0n) is 11.7. The molecule has 20 heavy (non-hydrogen) atoms. The Balaban J connectivity index is 2.23. The number of nitrogens with zero attached hydrogens (tertiary/aromatic N) is 1. The highest BCUT2D eigenvalue weighted by atomic mass is 79.9. The molecule has 1 saturated heterocycles. The topological polar surface area (TPSA) is 47.7 Å². The Morgan fingerprint density at radius 3 is 2.45 bits per heavy atom. The number of nitrogens with two attached hydrogens (primary N) is 1. The highest BCUT2D eigenvalue weighted by Crippen LogP contribution is 2.32. The first kappa shape index (κ1) is 16.2. The van der Waals surface area contributed by atoms with E-state index >= 15 is 0 Å². The van der Waals surface area contributed by atoms with E-state index in [4.69, 9.17) is 26.8 Å². The lowest BCUT2D eigenvalue weighted by molar-refractivity contribution is -0.00461. The lowest BCUT2D eigenvalue weighted by Gasteiger charge is -2.27. The third kappa shape index (κ3) is 3.35. The summed E-state index contributed by atoms with van der Waals surface area (Å²) in [4.78, 5) is 2.29. The first-order valence-electron chi connectivity index (χ1n) is 6.55. The van der Waals surface area contributed by atoms with Crippen LogP contribution in [0.5, 0.6) is 0 Å². The average molecular weight is 364 g/mol. The third-order valence-electron chi connectivity index (χ3n) is 3.83. The molecule has 1 aliphatic heterocycles. The lowest BCUT2D eigenvalue weighted by Crippen LogP contribution is -2.33. The zero-order chi connectivity index (χ0) is 14.7. The number of hydrogen-bond donors (Lipinski definition) is 1. The fourth-order valence-electron chi connectivity index (χ4n) is 2.72. The summed E-state index contributed by atoms with van der Waals surface area (Å²) in [5, 5.41) is 0.715. The van der Waals surface area contributed by atoms with Crippen molar-refractivity contribution in [3.63, 3.8) is 0 Å². The number of hydrogen-bond acceptors (Lipinski definition) is 4. The summed E-state index contributed by atoms with van der Waals surface area (Å²) in [6.07, 6.45) is 0.152. The molecule has 6 heteroatoms. The quantitative estimate of drug-likeness (QED) is 0.873. The van der Waals surface area contributed by atoms with E-state index in [1.165, 1.54) is 0 Å². The highest BCUT2D eigenvalue weighted by Gasteiger charge is 2.37. The van der Waals surface area contributed by atoms with E-state index in [1.807, 2.05) is 18.2 Å². The van der Waals surface area contributed by atoms with Crippen molar-refractivity contribution in [2.45, 2.75) is 18.2 Å². The van der Waals surface area contributed by atoms with E-state index in [-0.39, 0.29) is 18.2 Å². The van der Waals surface area contributed by atoms with Crippen LogP contribution in [0.25, 0.3) is 0 Å². The molecule has 0 saturated carbocycles. The lowest BCUT2D eigenvalue weighted by atomic mass is 10.1. The fraction of sp³-hybridized carbons (Fsp3) is 0.571. The maximum Gasteiger partial charge on any atom is 0.0972 e. The molecular formula is C14H20BrClN2O2. The monoisotopic (exact) mass is 362 g/mol. The Morgan fingerprint density at radius 1 is 1.35 bits per heavy atom. The summed E-state index contributed by atoms with van der Waals surface area (Å²) < 4.78 is 12.0. The molecule has 2 rings (SSSR count). The molecule has 1 aromatic carbocycles. The van der Waals surface area contributed by atoms with Crippen LogP contribution in [0.3, 0.4) is 0 Å². The molecular weight excluding hydrogens is 344 g/mol. The van der Waals surface area contributed by atoms with E-state index in [9.17, 15) is 0 Å². The molecule has 112 valence electrons. The van der Waals surface area contributed by atoms with E-state index in [0.29, 0.717) is 11.6 Å². The number of halogens is 2. The van der Waals surface area contributed by atoms with Gasteiger partial charge in [0.25, 0.3) is 0 Å². The molecule has 0 amide bonds. The van der Waals surface area contributed by atoms with Crippen molar-refractivity contribution in [1.29, 1.82) is 0 Å². The number of benzene rings is 1. The van der Waals surface area contributed by atoms with Gasteiger partial charge in [-0.15, -0.1) is 0 Å². The second kappa shape index (κ2) is 7.20. The van der Waals surface area contributed by atoms with Crippen LogP contribution in [0.2, 0.25) is 5.02 Å². The molecule has 3 unspecified atom stereocenters. The molecule has 0 radical (unpaired) electrons. The Kier molecular flexibility index (Phi) is 5.84. The van der Waals surface area contributed by atoms with Crippen molar-refractivity contribution in [3.8, 4) is 0 Å². The normalized spacial score (nSPS) is 25.1. The van der Waals surface area contributed by atoms with Gasteiger partial charge >= 0.3 is 0 Å². The maximum atomic E-state index is 6.11. The second-order valence-electron chi connectivity index (χ2n) is 4.92. The Labute approximate surface area is 133 Å². The molecule has 4 nitrogen and oxygen atoms in total. The fourth-order valence-corrected chi connectivity index (χ4v) is 3.41. The van der Waals surface area contributed by atoms with Gasteiger partial charge in [0.05, 0.1) is 12.2 Å². The minimum atomic E-state index is 0.0759. The summed E-state index contributed by atoms with van der Waals surface area (Å²) in [7, 11) is 3.43. The molecule has 1 heterocycles. The SMILES string of the molecule is COC1CN(C(CN)c2cc(Cl)ccc2Br)CC1OC. The van der Waals surface area contributed by atoms with Gasteiger partial charge in [-0.25, -0.2) is 0 Å². The summed E-state index contributed by atoms with van der Waals surface area (Å²) >= 11 is 9.69. The summed E-state index contributed by atoms with van der Waals surface area (Å²) in [6.45, 7) is 2.12. The van der Waals surface area contributed by atoms with Crippen LogP contribution >= 0.6 is 27.5 Å². The first-order valence-corrected chi connectivity index (χ1v) is 7.72. The van der Waals surface area contributed by atoms with Gasteiger partial charge in [0.15, 0.2) is 0 Å². The van der Waals surface area contributed by atoms with E-state index < -0.39 is 0 Å². The van der Waals surface area contributed by atoms with Crippen molar-refractivity contribution in [1.82, 2.24) is 4.90 Å². The van der Waals surface area contributed by atoms with Gasteiger partial charge in [-0.2, -0.15) is 0 Å². The van der Waals surface area contributed by atoms with Gasteiger partial charge in [0.1, 0.15) is 0 Å². The van der Waals surface area contributed by atoms with E-state index in [2.05, 4.69) is 20.8 Å². The smallest absolute Gasteiger partial charge is 0.0972 e. The van der Waals surface area contributed by atoms with Gasteiger partial charge < -0.3 is 15.2 Å². The van der Waals surface area contributed by atoms with Crippen molar-refractivity contribution < 1.29 is 9.47 Å². The Hall–Kier alpha value is -0.170. The summed E-state index contributed by atoms with van der Waals surface area (Å²) in [6, 6.07) is 5.88.